The number of amides is 2. The molecule has 0 aliphatic carbocycles. The first-order chi connectivity index (χ1) is 8.34. The molecule has 0 unspecified atom stereocenters. The van der Waals surface area contributed by atoms with E-state index in [2.05, 4.69) is 20.6 Å². The molecule has 0 aliphatic rings. The quantitative estimate of drug-likeness (QED) is 0.862. The summed E-state index contributed by atoms with van der Waals surface area (Å²) in [5, 5.41) is 7.40. The fraction of sp³-hybridized carbons (Fsp3) is 0.182. The SMILES string of the molecule is O=C(NCc1ccncc1)NCc1cscn1. The average molecular weight is 248 g/mol. The highest BCUT2D eigenvalue weighted by atomic mass is 32.1. The lowest BCUT2D eigenvalue weighted by Crippen LogP contribution is -2.34. The molecule has 6 heteroatoms. The molecule has 2 aromatic rings. The van der Waals surface area contributed by atoms with Gasteiger partial charge in [0.1, 0.15) is 0 Å². The Morgan fingerprint density at radius 3 is 2.71 bits per heavy atom. The van der Waals surface area contributed by atoms with Crippen molar-refractivity contribution in [2.75, 3.05) is 0 Å². The Labute approximate surface area is 103 Å². The first-order valence-electron chi connectivity index (χ1n) is 5.12. The highest BCUT2D eigenvalue weighted by Gasteiger charge is 2.01. The summed E-state index contributed by atoms with van der Waals surface area (Å²) in [5.74, 6) is 0. The van der Waals surface area contributed by atoms with Crippen molar-refractivity contribution in [3.63, 3.8) is 0 Å². The van der Waals surface area contributed by atoms with Gasteiger partial charge in [-0.1, -0.05) is 0 Å². The van der Waals surface area contributed by atoms with Crippen molar-refractivity contribution in [2.24, 2.45) is 0 Å². The van der Waals surface area contributed by atoms with E-state index in [1.165, 1.54) is 11.3 Å². The van der Waals surface area contributed by atoms with Gasteiger partial charge < -0.3 is 10.6 Å². The van der Waals surface area contributed by atoms with Crippen molar-refractivity contribution in [1.29, 1.82) is 0 Å². The molecule has 2 amide bonds. The number of thiazole rings is 1. The third-order valence-corrected chi connectivity index (χ3v) is 2.75. The zero-order valence-corrected chi connectivity index (χ0v) is 9.91. The number of carbonyl (C=O) groups is 1. The third-order valence-electron chi connectivity index (χ3n) is 2.12. The van der Waals surface area contributed by atoms with Crippen LogP contribution in [0.5, 0.6) is 0 Å². The first-order valence-corrected chi connectivity index (χ1v) is 6.06. The standard InChI is InChI=1S/C11H12N4OS/c16-11(14-6-10-7-17-8-15-10)13-5-9-1-3-12-4-2-9/h1-4,7-8H,5-6H2,(H2,13,14,16). The molecule has 2 N–H and O–H groups in total. The van der Waals surface area contributed by atoms with E-state index in [9.17, 15) is 4.79 Å². The minimum Gasteiger partial charge on any atom is -0.334 e. The van der Waals surface area contributed by atoms with Gasteiger partial charge in [-0.3, -0.25) is 4.98 Å². The van der Waals surface area contributed by atoms with E-state index in [0.29, 0.717) is 13.1 Å². The molecule has 0 saturated carbocycles. The molecule has 17 heavy (non-hydrogen) atoms. The van der Waals surface area contributed by atoms with Crippen LogP contribution in [0.4, 0.5) is 4.79 Å². The number of aromatic nitrogens is 2. The second-order valence-corrected chi connectivity index (χ2v) is 4.09. The molecular formula is C11H12N4OS. The Bertz CT molecular complexity index is 458. The van der Waals surface area contributed by atoms with Gasteiger partial charge in [-0.25, -0.2) is 9.78 Å². The normalized spacial score (nSPS) is 9.88. The minimum atomic E-state index is -0.199. The fourth-order valence-corrected chi connectivity index (χ4v) is 1.80. The Balaban J connectivity index is 1.71. The summed E-state index contributed by atoms with van der Waals surface area (Å²) in [6.07, 6.45) is 3.40. The van der Waals surface area contributed by atoms with Crippen LogP contribution in [0.15, 0.2) is 35.4 Å². The van der Waals surface area contributed by atoms with E-state index < -0.39 is 0 Å². The van der Waals surface area contributed by atoms with Crippen molar-refractivity contribution in [2.45, 2.75) is 13.1 Å². The van der Waals surface area contributed by atoms with E-state index in [1.54, 1.807) is 17.9 Å². The molecular weight excluding hydrogens is 236 g/mol. The maximum Gasteiger partial charge on any atom is 0.315 e. The maximum atomic E-state index is 11.4. The molecule has 0 aromatic carbocycles. The molecule has 0 aliphatic heterocycles. The lowest BCUT2D eigenvalue weighted by Gasteiger charge is -2.06. The topological polar surface area (TPSA) is 66.9 Å². The van der Waals surface area contributed by atoms with Gasteiger partial charge in [-0.2, -0.15) is 0 Å². The highest BCUT2D eigenvalue weighted by molar-refractivity contribution is 7.07. The van der Waals surface area contributed by atoms with Crippen LogP contribution in [0.2, 0.25) is 0 Å². The van der Waals surface area contributed by atoms with Crippen LogP contribution in [-0.2, 0) is 13.1 Å². The van der Waals surface area contributed by atoms with Gasteiger partial charge in [0.05, 0.1) is 17.7 Å². The summed E-state index contributed by atoms with van der Waals surface area (Å²) >= 11 is 1.51. The molecule has 0 radical (unpaired) electrons. The zero-order chi connectivity index (χ0) is 11.9. The van der Waals surface area contributed by atoms with Crippen molar-refractivity contribution >= 4 is 17.4 Å². The minimum absolute atomic E-state index is 0.199. The molecule has 0 fully saturated rings. The molecule has 0 saturated heterocycles. The summed E-state index contributed by atoms with van der Waals surface area (Å²) < 4.78 is 0. The van der Waals surface area contributed by atoms with Gasteiger partial charge in [0.2, 0.25) is 0 Å². The molecule has 0 atom stereocenters. The van der Waals surface area contributed by atoms with Crippen LogP contribution >= 0.6 is 11.3 Å². The predicted octanol–water partition coefficient (Wildman–Crippen LogP) is 1.54. The number of hydrogen-bond donors (Lipinski definition) is 2. The number of rotatable bonds is 4. The number of urea groups is 1. The number of carbonyl (C=O) groups excluding carboxylic acids is 1. The summed E-state index contributed by atoms with van der Waals surface area (Å²) in [4.78, 5) is 19.4. The number of pyridine rings is 1. The maximum absolute atomic E-state index is 11.4. The van der Waals surface area contributed by atoms with Crippen LogP contribution in [0.1, 0.15) is 11.3 Å². The van der Waals surface area contributed by atoms with Gasteiger partial charge in [0.15, 0.2) is 0 Å². The molecule has 5 nitrogen and oxygen atoms in total. The second kappa shape index (κ2) is 5.95. The lowest BCUT2D eigenvalue weighted by molar-refractivity contribution is 0.240. The molecule has 88 valence electrons. The Kier molecular flexibility index (Phi) is 4.04. The van der Waals surface area contributed by atoms with Crippen molar-refractivity contribution in [1.82, 2.24) is 20.6 Å². The van der Waals surface area contributed by atoms with Crippen molar-refractivity contribution in [3.8, 4) is 0 Å². The smallest absolute Gasteiger partial charge is 0.315 e. The molecule has 2 rings (SSSR count). The number of nitrogens with zero attached hydrogens (tertiary/aromatic N) is 2. The van der Waals surface area contributed by atoms with Crippen LogP contribution in [0, 0.1) is 0 Å². The van der Waals surface area contributed by atoms with Crippen molar-refractivity contribution in [3.05, 3.63) is 46.7 Å². The second-order valence-electron chi connectivity index (χ2n) is 3.37. The summed E-state index contributed by atoms with van der Waals surface area (Å²) in [6.45, 7) is 0.942. The number of nitrogens with one attached hydrogen (secondary N) is 2. The van der Waals surface area contributed by atoms with Gasteiger partial charge in [0.25, 0.3) is 0 Å². The van der Waals surface area contributed by atoms with Crippen LogP contribution in [-0.4, -0.2) is 16.0 Å². The third kappa shape index (κ3) is 3.84. The van der Waals surface area contributed by atoms with E-state index in [0.717, 1.165) is 11.3 Å². The van der Waals surface area contributed by atoms with Gasteiger partial charge in [-0.05, 0) is 17.7 Å². The largest absolute Gasteiger partial charge is 0.334 e. The van der Waals surface area contributed by atoms with E-state index in [4.69, 9.17) is 0 Å². The number of hydrogen-bond acceptors (Lipinski definition) is 4. The zero-order valence-electron chi connectivity index (χ0n) is 9.09. The fourth-order valence-electron chi connectivity index (χ4n) is 1.24. The van der Waals surface area contributed by atoms with E-state index in [1.807, 2.05) is 17.5 Å². The van der Waals surface area contributed by atoms with Crippen molar-refractivity contribution < 1.29 is 4.79 Å². The van der Waals surface area contributed by atoms with E-state index >= 15 is 0 Å². The predicted molar refractivity (Wildman–Crippen MR) is 65.4 cm³/mol. The molecule has 2 aromatic heterocycles. The summed E-state index contributed by atoms with van der Waals surface area (Å²) in [6, 6.07) is 3.52. The highest BCUT2D eigenvalue weighted by Crippen LogP contribution is 1.99. The molecule has 0 bridgehead atoms. The summed E-state index contributed by atoms with van der Waals surface area (Å²) in [7, 11) is 0. The van der Waals surface area contributed by atoms with E-state index in [-0.39, 0.29) is 6.03 Å². The average Bonchev–Trinajstić information content (AvgIpc) is 2.88. The lowest BCUT2D eigenvalue weighted by atomic mass is 10.3. The Morgan fingerprint density at radius 1 is 1.24 bits per heavy atom. The first kappa shape index (κ1) is 11.5. The summed E-state index contributed by atoms with van der Waals surface area (Å²) in [5.41, 5.74) is 3.63. The Morgan fingerprint density at radius 2 is 2.00 bits per heavy atom. The monoisotopic (exact) mass is 248 g/mol. The van der Waals surface area contributed by atoms with Crippen LogP contribution in [0.3, 0.4) is 0 Å². The van der Waals surface area contributed by atoms with Gasteiger partial charge >= 0.3 is 6.03 Å². The van der Waals surface area contributed by atoms with Crippen LogP contribution in [0.25, 0.3) is 0 Å². The van der Waals surface area contributed by atoms with Gasteiger partial charge in [-0.15, -0.1) is 11.3 Å². The molecule has 0 spiro atoms. The Hall–Kier alpha value is -1.95. The molecule has 2 heterocycles. The van der Waals surface area contributed by atoms with Gasteiger partial charge in [0, 0.05) is 24.3 Å². The van der Waals surface area contributed by atoms with Crippen LogP contribution < -0.4 is 10.6 Å².